The summed E-state index contributed by atoms with van der Waals surface area (Å²) in [6.07, 6.45) is 2.80. The molecule has 3 nitrogen and oxygen atoms in total. The van der Waals surface area contributed by atoms with E-state index in [2.05, 4.69) is 60.1 Å². The molecule has 0 aliphatic carbocycles. The van der Waals surface area contributed by atoms with Crippen LogP contribution in [-0.4, -0.2) is 23.8 Å². The van der Waals surface area contributed by atoms with Crippen LogP contribution >= 0.6 is 0 Å². The van der Waals surface area contributed by atoms with Gasteiger partial charge in [0.1, 0.15) is 0 Å². The summed E-state index contributed by atoms with van der Waals surface area (Å²) in [4.78, 5) is 0. The van der Waals surface area contributed by atoms with Crippen molar-refractivity contribution in [2.45, 2.75) is 39.3 Å². The summed E-state index contributed by atoms with van der Waals surface area (Å²) in [5, 5.41) is 3.54. The van der Waals surface area contributed by atoms with Crippen molar-refractivity contribution in [2.75, 3.05) is 13.2 Å². The van der Waals surface area contributed by atoms with E-state index in [0.717, 1.165) is 19.7 Å². The van der Waals surface area contributed by atoms with Crippen LogP contribution in [0.15, 0.2) is 36.4 Å². The van der Waals surface area contributed by atoms with Crippen LogP contribution in [0.3, 0.4) is 0 Å². The van der Waals surface area contributed by atoms with Crippen molar-refractivity contribution in [2.24, 2.45) is 0 Å². The molecule has 0 bridgehead atoms. The monoisotopic (exact) mass is 284 g/mol. The summed E-state index contributed by atoms with van der Waals surface area (Å²) in [5.41, 5.74) is 5.21. The molecule has 1 N–H and O–H groups in total. The third-order valence-electron chi connectivity index (χ3n) is 4.26. The Kier molecular flexibility index (Phi) is 4.42. The molecule has 0 radical (unpaired) electrons. The summed E-state index contributed by atoms with van der Waals surface area (Å²) >= 11 is 0. The molecule has 112 valence electrons. The topological polar surface area (TPSA) is 26.2 Å². The molecule has 0 amide bonds. The fourth-order valence-electron chi connectivity index (χ4n) is 3.16. The minimum Gasteiger partial charge on any atom is -0.377 e. The second kappa shape index (κ2) is 6.46. The molecule has 1 saturated heterocycles. The van der Waals surface area contributed by atoms with Gasteiger partial charge in [-0.05, 0) is 50.5 Å². The zero-order valence-electron chi connectivity index (χ0n) is 12.9. The van der Waals surface area contributed by atoms with Crippen molar-refractivity contribution >= 4 is 0 Å². The quantitative estimate of drug-likeness (QED) is 0.911. The van der Waals surface area contributed by atoms with E-state index in [9.17, 15) is 0 Å². The van der Waals surface area contributed by atoms with Gasteiger partial charge in [0.2, 0.25) is 0 Å². The van der Waals surface area contributed by atoms with E-state index in [-0.39, 0.29) is 0 Å². The van der Waals surface area contributed by atoms with Crippen molar-refractivity contribution in [3.63, 3.8) is 0 Å². The number of para-hydroxylation sites is 1. The number of hydrogen-bond acceptors (Lipinski definition) is 2. The Balaban J connectivity index is 1.69. The largest absolute Gasteiger partial charge is 0.377 e. The van der Waals surface area contributed by atoms with Crippen LogP contribution in [0.5, 0.6) is 0 Å². The van der Waals surface area contributed by atoms with E-state index in [4.69, 9.17) is 4.74 Å². The molecular formula is C18H24N2O. The number of aryl methyl sites for hydroxylation is 1. The van der Waals surface area contributed by atoms with Crippen molar-refractivity contribution in [1.29, 1.82) is 0 Å². The molecule has 21 heavy (non-hydrogen) atoms. The first-order valence-electron chi connectivity index (χ1n) is 7.81. The molecule has 2 heterocycles. The second-order valence-corrected chi connectivity index (χ2v) is 5.83. The first-order valence-corrected chi connectivity index (χ1v) is 7.81. The van der Waals surface area contributed by atoms with Crippen LogP contribution in [0.25, 0.3) is 5.69 Å². The fourth-order valence-corrected chi connectivity index (χ4v) is 3.16. The van der Waals surface area contributed by atoms with E-state index in [1.807, 2.05) is 0 Å². The van der Waals surface area contributed by atoms with Crippen LogP contribution < -0.4 is 5.32 Å². The molecule has 1 aromatic carbocycles. The predicted molar refractivity (Wildman–Crippen MR) is 85.9 cm³/mol. The minimum atomic E-state index is 0.405. The van der Waals surface area contributed by atoms with E-state index >= 15 is 0 Å². The van der Waals surface area contributed by atoms with Crippen LogP contribution in [0.2, 0.25) is 0 Å². The summed E-state index contributed by atoms with van der Waals surface area (Å²) < 4.78 is 7.97. The highest BCUT2D eigenvalue weighted by Gasteiger charge is 2.15. The minimum absolute atomic E-state index is 0.405. The van der Waals surface area contributed by atoms with Crippen molar-refractivity contribution in [3.8, 4) is 5.69 Å². The molecule has 0 spiro atoms. The first kappa shape index (κ1) is 14.4. The van der Waals surface area contributed by atoms with Crippen molar-refractivity contribution in [1.82, 2.24) is 9.88 Å². The normalized spacial score (nSPS) is 18.3. The zero-order chi connectivity index (χ0) is 14.7. The summed E-state index contributed by atoms with van der Waals surface area (Å²) in [7, 11) is 0. The Morgan fingerprint density at radius 2 is 2.05 bits per heavy atom. The number of ether oxygens (including phenoxy) is 1. The maximum atomic E-state index is 5.65. The van der Waals surface area contributed by atoms with E-state index < -0.39 is 0 Å². The maximum Gasteiger partial charge on any atom is 0.0700 e. The van der Waals surface area contributed by atoms with Gasteiger partial charge in [-0.3, -0.25) is 0 Å². The third kappa shape index (κ3) is 3.20. The predicted octanol–water partition coefficient (Wildman–Crippen LogP) is 3.36. The molecule has 2 aromatic rings. The van der Waals surface area contributed by atoms with Gasteiger partial charge in [-0.2, -0.15) is 0 Å². The second-order valence-electron chi connectivity index (χ2n) is 5.83. The Morgan fingerprint density at radius 1 is 1.24 bits per heavy atom. The van der Waals surface area contributed by atoms with E-state index in [0.29, 0.717) is 6.10 Å². The Labute approximate surface area is 126 Å². The van der Waals surface area contributed by atoms with Gasteiger partial charge in [0.25, 0.3) is 0 Å². The zero-order valence-corrected chi connectivity index (χ0v) is 12.9. The van der Waals surface area contributed by atoms with Gasteiger partial charge in [-0.25, -0.2) is 0 Å². The standard InChI is InChI=1S/C18H24N2O/c1-14-11-16(12-19-13-18-9-6-10-21-18)15(2)20(14)17-7-4-3-5-8-17/h3-5,7-8,11,18-19H,6,9-10,12-13H2,1-2H3. The molecule has 0 saturated carbocycles. The molecule has 1 unspecified atom stereocenters. The van der Waals surface area contributed by atoms with Gasteiger partial charge in [-0.15, -0.1) is 0 Å². The molecule has 3 heteroatoms. The molecule has 1 fully saturated rings. The van der Waals surface area contributed by atoms with Gasteiger partial charge < -0.3 is 14.6 Å². The average molecular weight is 284 g/mol. The Bertz CT molecular complexity index is 583. The van der Waals surface area contributed by atoms with Crippen LogP contribution in [-0.2, 0) is 11.3 Å². The highest BCUT2D eigenvalue weighted by molar-refractivity contribution is 5.40. The highest BCUT2D eigenvalue weighted by atomic mass is 16.5. The highest BCUT2D eigenvalue weighted by Crippen LogP contribution is 2.20. The molecule has 1 atom stereocenters. The Morgan fingerprint density at radius 3 is 2.76 bits per heavy atom. The summed E-state index contributed by atoms with van der Waals surface area (Å²) in [5.74, 6) is 0. The van der Waals surface area contributed by atoms with Gasteiger partial charge in [-0.1, -0.05) is 18.2 Å². The van der Waals surface area contributed by atoms with Gasteiger partial charge in [0, 0.05) is 36.8 Å². The first-order chi connectivity index (χ1) is 10.3. The van der Waals surface area contributed by atoms with E-state index in [1.165, 1.54) is 35.5 Å². The smallest absolute Gasteiger partial charge is 0.0700 e. The number of nitrogens with one attached hydrogen (secondary N) is 1. The summed E-state index contributed by atoms with van der Waals surface area (Å²) in [6, 6.07) is 12.8. The molecule has 3 rings (SSSR count). The van der Waals surface area contributed by atoms with Gasteiger partial charge in [0.15, 0.2) is 0 Å². The SMILES string of the molecule is Cc1cc(CNCC2CCCO2)c(C)n1-c1ccccc1. The number of benzene rings is 1. The lowest BCUT2D eigenvalue weighted by molar-refractivity contribution is 0.110. The summed E-state index contributed by atoms with van der Waals surface area (Å²) in [6.45, 7) is 7.16. The number of rotatable bonds is 5. The number of aromatic nitrogens is 1. The fraction of sp³-hybridized carbons (Fsp3) is 0.444. The van der Waals surface area contributed by atoms with Crippen molar-refractivity contribution in [3.05, 3.63) is 53.3 Å². The molecular weight excluding hydrogens is 260 g/mol. The van der Waals surface area contributed by atoms with Crippen LogP contribution in [0.4, 0.5) is 0 Å². The molecule has 1 aliphatic rings. The van der Waals surface area contributed by atoms with E-state index in [1.54, 1.807) is 0 Å². The van der Waals surface area contributed by atoms with Gasteiger partial charge >= 0.3 is 0 Å². The maximum absolute atomic E-state index is 5.65. The van der Waals surface area contributed by atoms with Crippen LogP contribution in [0, 0.1) is 13.8 Å². The van der Waals surface area contributed by atoms with Crippen LogP contribution in [0.1, 0.15) is 29.8 Å². The lowest BCUT2D eigenvalue weighted by atomic mass is 10.2. The van der Waals surface area contributed by atoms with Crippen molar-refractivity contribution < 1.29 is 4.74 Å². The average Bonchev–Trinajstić information content (AvgIpc) is 3.09. The lowest BCUT2D eigenvalue weighted by Crippen LogP contribution is -2.25. The lowest BCUT2D eigenvalue weighted by Gasteiger charge is -2.12. The molecule has 1 aliphatic heterocycles. The third-order valence-corrected chi connectivity index (χ3v) is 4.26. The van der Waals surface area contributed by atoms with Gasteiger partial charge in [0.05, 0.1) is 6.10 Å². The Hall–Kier alpha value is -1.58. The number of nitrogens with zero attached hydrogens (tertiary/aromatic N) is 1. The molecule has 1 aromatic heterocycles. The number of hydrogen-bond donors (Lipinski definition) is 1.